The number of methoxy groups -OCH3 is 3. The first kappa shape index (κ1) is 34.6. The quantitative estimate of drug-likeness (QED) is 0.369. The molecule has 2 aromatic carbocycles. The smallest absolute Gasteiger partial charge is 0.507 e. The average Bonchev–Trinajstić information content (AvgIpc) is 2.92. The third-order valence-electron chi connectivity index (χ3n) is 6.92. The van der Waals surface area contributed by atoms with Crippen molar-refractivity contribution >= 4 is 23.7 Å². The monoisotopic (exact) mass is 580 g/mol. The molecule has 0 unspecified atom stereocenters. The highest BCUT2D eigenvalue weighted by molar-refractivity contribution is 5.98. The molecule has 7 heteroatoms. The third-order valence-corrected chi connectivity index (χ3v) is 6.92. The van der Waals surface area contributed by atoms with Gasteiger partial charge in [0.05, 0.1) is 26.9 Å². The SMILES string of the molecule is CC(C)(C)Cc1ccc2c(c1)C(=O)CCC2.COC(=O)C1=C(O)c2cc(CC(C)(C)C)ccc2CC1.COC(=O)OC. The van der Waals surface area contributed by atoms with Crippen molar-refractivity contribution in [3.63, 3.8) is 0 Å². The first-order chi connectivity index (χ1) is 19.6. The maximum atomic E-state index is 11.8. The second kappa shape index (κ2) is 15.0. The third kappa shape index (κ3) is 10.7. The summed E-state index contributed by atoms with van der Waals surface area (Å²) in [6.45, 7) is 13.2. The van der Waals surface area contributed by atoms with E-state index >= 15 is 0 Å². The first-order valence-corrected chi connectivity index (χ1v) is 14.5. The number of benzene rings is 2. The molecule has 0 bridgehead atoms. The Balaban J connectivity index is 0.000000250. The molecule has 4 rings (SSSR count). The van der Waals surface area contributed by atoms with Gasteiger partial charge in [0.2, 0.25) is 0 Å². The second-order valence-electron chi connectivity index (χ2n) is 13.2. The van der Waals surface area contributed by atoms with Crippen LogP contribution in [0.3, 0.4) is 0 Å². The van der Waals surface area contributed by atoms with E-state index in [1.807, 2.05) is 6.07 Å². The van der Waals surface area contributed by atoms with E-state index in [1.54, 1.807) is 0 Å². The van der Waals surface area contributed by atoms with E-state index in [-0.39, 0.29) is 16.6 Å². The van der Waals surface area contributed by atoms with Gasteiger partial charge in [0.15, 0.2) is 5.78 Å². The number of aryl methyl sites for hydroxylation is 2. The van der Waals surface area contributed by atoms with E-state index in [0.29, 0.717) is 17.8 Å². The highest BCUT2D eigenvalue weighted by Gasteiger charge is 2.25. The number of aliphatic hydroxyl groups excluding tert-OH is 1. The van der Waals surface area contributed by atoms with Crippen LogP contribution < -0.4 is 0 Å². The molecule has 0 aliphatic heterocycles. The van der Waals surface area contributed by atoms with Gasteiger partial charge in [-0.1, -0.05) is 65.8 Å². The molecule has 0 aromatic heterocycles. The van der Waals surface area contributed by atoms with Crippen LogP contribution in [-0.4, -0.2) is 44.3 Å². The molecule has 0 saturated carbocycles. The maximum Gasteiger partial charge on any atom is 0.507 e. The van der Waals surface area contributed by atoms with Crippen molar-refractivity contribution in [1.29, 1.82) is 0 Å². The van der Waals surface area contributed by atoms with E-state index in [0.717, 1.165) is 55.2 Å². The normalized spacial score (nSPS) is 14.3. The van der Waals surface area contributed by atoms with Gasteiger partial charge in [0, 0.05) is 17.5 Å². The summed E-state index contributed by atoms with van der Waals surface area (Å²) in [6, 6.07) is 12.6. The Bertz CT molecular complexity index is 1280. The van der Waals surface area contributed by atoms with Crippen LogP contribution in [0.15, 0.2) is 42.0 Å². The summed E-state index contributed by atoms with van der Waals surface area (Å²) in [6.07, 6.45) is 5.42. The molecule has 0 heterocycles. The lowest BCUT2D eigenvalue weighted by Crippen LogP contribution is -2.15. The number of ether oxygens (including phenoxy) is 3. The van der Waals surface area contributed by atoms with Gasteiger partial charge in [-0.05, 0) is 83.7 Å². The van der Waals surface area contributed by atoms with E-state index in [2.05, 4.69) is 81.3 Å². The molecule has 230 valence electrons. The summed E-state index contributed by atoms with van der Waals surface area (Å²) in [5, 5.41) is 10.3. The minimum Gasteiger partial charge on any atom is -0.507 e. The van der Waals surface area contributed by atoms with Crippen LogP contribution >= 0.6 is 0 Å². The highest BCUT2D eigenvalue weighted by Crippen LogP contribution is 2.32. The van der Waals surface area contributed by atoms with Crippen molar-refractivity contribution in [2.24, 2.45) is 10.8 Å². The van der Waals surface area contributed by atoms with E-state index in [1.165, 1.54) is 38.0 Å². The van der Waals surface area contributed by atoms with Crippen molar-refractivity contribution in [2.75, 3.05) is 21.3 Å². The van der Waals surface area contributed by atoms with E-state index < -0.39 is 12.1 Å². The number of carbonyl (C=O) groups is 3. The van der Waals surface area contributed by atoms with Crippen molar-refractivity contribution in [3.8, 4) is 0 Å². The minimum atomic E-state index is -0.657. The zero-order chi connectivity index (χ0) is 31.7. The Morgan fingerprint density at radius 2 is 1.21 bits per heavy atom. The van der Waals surface area contributed by atoms with Crippen molar-refractivity contribution in [3.05, 3.63) is 75.4 Å². The van der Waals surface area contributed by atoms with Crippen molar-refractivity contribution in [2.45, 2.75) is 86.5 Å². The van der Waals surface area contributed by atoms with Gasteiger partial charge in [0.1, 0.15) is 5.76 Å². The number of carbonyl (C=O) groups excluding carboxylic acids is 3. The van der Waals surface area contributed by atoms with Gasteiger partial charge in [0.25, 0.3) is 0 Å². The van der Waals surface area contributed by atoms with Gasteiger partial charge in [-0.3, -0.25) is 4.79 Å². The molecule has 2 aliphatic rings. The summed E-state index contributed by atoms with van der Waals surface area (Å²) >= 11 is 0. The predicted molar refractivity (Wildman–Crippen MR) is 166 cm³/mol. The number of hydrogen-bond donors (Lipinski definition) is 1. The topological polar surface area (TPSA) is 99.1 Å². The standard InChI is InChI=1S/C17H22O3.C15H20O.C3H6O3/c1-17(2,3)10-11-5-6-12-7-8-13(16(19)20-4)15(18)14(12)9-11;1-15(2,3)10-11-7-8-12-5-4-6-14(16)13(12)9-11;1-5-3(4)6-2/h5-6,9,18H,7-8,10H2,1-4H3;7-9H,4-6,10H2,1-3H3;1-2H3. The van der Waals surface area contributed by atoms with Crippen LogP contribution in [0.2, 0.25) is 0 Å². The van der Waals surface area contributed by atoms with Gasteiger partial charge >= 0.3 is 12.1 Å². The molecule has 0 amide bonds. The molecule has 1 N–H and O–H groups in total. The number of ketones is 1. The number of fused-ring (bicyclic) bond motifs is 2. The van der Waals surface area contributed by atoms with Crippen molar-refractivity contribution in [1.82, 2.24) is 0 Å². The van der Waals surface area contributed by atoms with Crippen LogP contribution in [0.1, 0.15) is 99.0 Å². The van der Waals surface area contributed by atoms with Crippen LogP contribution in [0, 0.1) is 10.8 Å². The summed E-state index contributed by atoms with van der Waals surface area (Å²) in [4.78, 5) is 33.2. The molecule has 7 nitrogen and oxygen atoms in total. The van der Waals surface area contributed by atoms with E-state index in [9.17, 15) is 19.5 Å². The molecule has 42 heavy (non-hydrogen) atoms. The Hall–Kier alpha value is -3.61. The fraction of sp³-hybridized carbons (Fsp3) is 0.514. The number of esters is 1. The molecule has 2 aromatic rings. The number of rotatable bonds is 3. The average molecular weight is 581 g/mol. The number of Topliss-reactive ketones (excluding diaryl/α,β-unsaturated/α-hetero) is 1. The fourth-order valence-corrected chi connectivity index (χ4v) is 5.13. The van der Waals surface area contributed by atoms with E-state index in [4.69, 9.17) is 4.74 Å². The largest absolute Gasteiger partial charge is 0.507 e. The Kier molecular flexibility index (Phi) is 12.4. The Morgan fingerprint density at radius 1 is 0.714 bits per heavy atom. The molecule has 0 atom stereocenters. The second-order valence-corrected chi connectivity index (χ2v) is 13.2. The summed E-state index contributed by atoms with van der Waals surface area (Å²) < 4.78 is 12.8. The van der Waals surface area contributed by atoms with Crippen LogP contribution in [0.5, 0.6) is 0 Å². The van der Waals surface area contributed by atoms with Crippen LogP contribution in [0.25, 0.3) is 5.76 Å². The molecule has 0 spiro atoms. The molecular weight excluding hydrogens is 532 g/mol. The van der Waals surface area contributed by atoms with Gasteiger partial charge in [-0.2, -0.15) is 0 Å². The van der Waals surface area contributed by atoms with Gasteiger partial charge in [-0.15, -0.1) is 0 Å². The van der Waals surface area contributed by atoms with Crippen molar-refractivity contribution < 1.29 is 33.7 Å². The fourth-order valence-electron chi connectivity index (χ4n) is 5.13. The summed E-state index contributed by atoms with van der Waals surface area (Å²) in [7, 11) is 3.85. The lowest BCUT2D eigenvalue weighted by atomic mass is 9.84. The minimum absolute atomic E-state index is 0.0776. The van der Waals surface area contributed by atoms with Gasteiger partial charge < -0.3 is 19.3 Å². The maximum absolute atomic E-state index is 11.8. The molecule has 0 fully saturated rings. The Morgan fingerprint density at radius 3 is 1.67 bits per heavy atom. The van der Waals surface area contributed by atoms with Gasteiger partial charge in [-0.25, -0.2) is 9.59 Å². The highest BCUT2D eigenvalue weighted by atomic mass is 16.7. The zero-order valence-electron chi connectivity index (χ0n) is 26.8. The lowest BCUT2D eigenvalue weighted by molar-refractivity contribution is -0.136. The molecule has 2 aliphatic carbocycles. The molecule has 0 saturated heterocycles. The molecule has 0 radical (unpaired) electrons. The molecular formula is C35H48O7. The first-order valence-electron chi connectivity index (χ1n) is 14.5. The van der Waals surface area contributed by atoms with Crippen LogP contribution in [-0.2, 0) is 44.7 Å². The number of aliphatic hydroxyl groups is 1. The number of hydrogen-bond acceptors (Lipinski definition) is 7. The summed E-state index contributed by atoms with van der Waals surface area (Å²) in [5.41, 5.74) is 7.41. The van der Waals surface area contributed by atoms with Crippen LogP contribution in [0.4, 0.5) is 4.79 Å². The lowest BCUT2D eigenvalue weighted by Gasteiger charge is -2.22. The summed E-state index contributed by atoms with van der Waals surface area (Å²) in [5.74, 6) is -0.0276. The zero-order valence-corrected chi connectivity index (χ0v) is 26.8. The predicted octanol–water partition coefficient (Wildman–Crippen LogP) is 7.86. The Labute approximate surface area is 251 Å².